The van der Waals surface area contributed by atoms with Crippen LogP contribution in [0.3, 0.4) is 0 Å². The summed E-state index contributed by atoms with van der Waals surface area (Å²) in [5.74, 6) is 1.39. The first kappa shape index (κ1) is 11.6. The molecule has 1 atom stereocenters. The van der Waals surface area contributed by atoms with Crippen LogP contribution in [0.15, 0.2) is 0 Å². The van der Waals surface area contributed by atoms with E-state index >= 15 is 0 Å². The van der Waals surface area contributed by atoms with Crippen molar-refractivity contribution in [3.05, 3.63) is 0 Å². The van der Waals surface area contributed by atoms with Crippen molar-refractivity contribution >= 4 is 24.4 Å². The molecule has 1 saturated heterocycles. The summed E-state index contributed by atoms with van der Waals surface area (Å²) in [5, 5.41) is 0. The molecule has 0 aromatic heterocycles. The Labute approximate surface area is 90.3 Å². The maximum atomic E-state index is 11.2. The first-order valence-corrected chi connectivity index (χ1v) is 5.72. The summed E-state index contributed by atoms with van der Waals surface area (Å²) in [6.45, 7) is 2.72. The number of nitrogens with zero attached hydrogens (tertiary/aromatic N) is 1. The van der Waals surface area contributed by atoms with Crippen molar-refractivity contribution in [2.45, 2.75) is 32.6 Å². The smallest absolute Gasteiger partial charge is 0.229 e. The molecule has 0 N–H and O–H groups in total. The Morgan fingerprint density at radius 3 is 2.36 bits per heavy atom. The summed E-state index contributed by atoms with van der Waals surface area (Å²) < 4.78 is 0. The average Bonchev–Trinajstić information content (AvgIpc) is 2.44. The van der Waals surface area contributed by atoms with Crippen LogP contribution in [0, 0.1) is 5.92 Å². The Kier molecular flexibility index (Phi) is 4.45. The van der Waals surface area contributed by atoms with E-state index in [1.165, 1.54) is 4.90 Å². The summed E-state index contributed by atoms with van der Waals surface area (Å²) in [7, 11) is 0. The average molecular weight is 215 g/mol. The Balaban J connectivity index is 2.30. The Morgan fingerprint density at radius 1 is 1.29 bits per heavy atom. The molecule has 0 bridgehead atoms. The van der Waals surface area contributed by atoms with Gasteiger partial charge < -0.3 is 0 Å². The van der Waals surface area contributed by atoms with Crippen LogP contribution in [0.4, 0.5) is 0 Å². The third-order valence-electron chi connectivity index (χ3n) is 2.62. The molecule has 0 aromatic carbocycles. The minimum Gasteiger partial charge on any atom is -0.283 e. The minimum atomic E-state index is -0.00641. The molecular formula is C10H17NO2S. The number of rotatable bonds is 5. The molecule has 0 radical (unpaired) electrons. The SMILES string of the molecule is CC(CCS)CCN1C(=O)CCC1=O. The van der Waals surface area contributed by atoms with E-state index in [1.807, 2.05) is 0 Å². The zero-order chi connectivity index (χ0) is 10.6. The summed E-state index contributed by atoms with van der Waals surface area (Å²) in [4.78, 5) is 23.9. The third kappa shape index (κ3) is 3.01. The lowest BCUT2D eigenvalue weighted by atomic mass is 10.1. The van der Waals surface area contributed by atoms with Crippen molar-refractivity contribution in [1.82, 2.24) is 4.90 Å². The molecule has 2 amide bonds. The predicted molar refractivity (Wildman–Crippen MR) is 58.2 cm³/mol. The fourth-order valence-corrected chi connectivity index (χ4v) is 2.03. The van der Waals surface area contributed by atoms with Crippen LogP contribution < -0.4 is 0 Å². The molecule has 1 heterocycles. The zero-order valence-corrected chi connectivity index (χ0v) is 9.43. The summed E-state index contributed by atoms with van der Waals surface area (Å²) in [6, 6.07) is 0. The van der Waals surface area contributed by atoms with Crippen molar-refractivity contribution in [3.63, 3.8) is 0 Å². The van der Waals surface area contributed by atoms with Gasteiger partial charge in [0.1, 0.15) is 0 Å². The van der Waals surface area contributed by atoms with E-state index < -0.39 is 0 Å². The number of carbonyl (C=O) groups excluding carboxylic acids is 2. The Morgan fingerprint density at radius 2 is 1.86 bits per heavy atom. The highest BCUT2D eigenvalue weighted by Gasteiger charge is 2.28. The summed E-state index contributed by atoms with van der Waals surface area (Å²) in [5.41, 5.74) is 0. The van der Waals surface area contributed by atoms with Crippen LogP contribution in [0.5, 0.6) is 0 Å². The highest BCUT2D eigenvalue weighted by molar-refractivity contribution is 7.80. The molecule has 0 saturated carbocycles. The molecule has 0 aliphatic carbocycles. The molecule has 0 spiro atoms. The molecule has 4 heteroatoms. The first-order chi connectivity index (χ1) is 6.65. The van der Waals surface area contributed by atoms with Gasteiger partial charge in [0.25, 0.3) is 0 Å². The normalized spacial score (nSPS) is 19.1. The van der Waals surface area contributed by atoms with Gasteiger partial charge in [-0.3, -0.25) is 14.5 Å². The molecule has 80 valence electrons. The topological polar surface area (TPSA) is 37.4 Å². The van der Waals surface area contributed by atoms with Gasteiger partial charge in [-0.15, -0.1) is 0 Å². The molecule has 1 aliphatic heterocycles. The molecule has 1 aliphatic rings. The fourth-order valence-electron chi connectivity index (χ4n) is 1.59. The molecule has 1 rings (SSSR count). The maximum absolute atomic E-state index is 11.2. The molecule has 1 fully saturated rings. The van der Waals surface area contributed by atoms with Crippen LogP contribution in [-0.4, -0.2) is 29.0 Å². The van der Waals surface area contributed by atoms with Gasteiger partial charge in [-0.25, -0.2) is 0 Å². The number of hydrogen-bond donors (Lipinski definition) is 1. The number of imide groups is 1. The maximum Gasteiger partial charge on any atom is 0.229 e. The van der Waals surface area contributed by atoms with E-state index in [1.54, 1.807) is 0 Å². The van der Waals surface area contributed by atoms with Gasteiger partial charge in [-0.2, -0.15) is 12.6 Å². The number of hydrogen-bond acceptors (Lipinski definition) is 3. The second-order valence-electron chi connectivity index (χ2n) is 3.85. The van der Waals surface area contributed by atoms with Crippen LogP contribution in [0.25, 0.3) is 0 Å². The van der Waals surface area contributed by atoms with Crippen molar-refractivity contribution in [2.75, 3.05) is 12.3 Å². The highest BCUT2D eigenvalue weighted by atomic mass is 32.1. The van der Waals surface area contributed by atoms with Gasteiger partial charge in [0.2, 0.25) is 11.8 Å². The highest BCUT2D eigenvalue weighted by Crippen LogP contribution is 2.15. The van der Waals surface area contributed by atoms with E-state index in [-0.39, 0.29) is 11.8 Å². The van der Waals surface area contributed by atoms with Gasteiger partial charge in [-0.1, -0.05) is 6.92 Å². The molecular weight excluding hydrogens is 198 g/mol. The van der Waals surface area contributed by atoms with Crippen molar-refractivity contribution in [1.29, 1.82) is 0 Å². The van der Waals surface area contributed by atoms with Gasteiger partial charge in [-0.05, 0) is 24.5 Å². The molecule has 1 unspecified atom stereocenters. The largest absolute Gasteiger partial charge is 0.283 e. The zero-order valence-electron chi connectivity index (χ0n) is 8.53. The van der Waals surface area contributed by atoms with Crippen molar-refractivity contribution < 1.29 is 9.59 Å². The van der Waals surface area contributed by atoms with Crippen LogP contribution in [0.1, 0.15) is 32.6 Å². The minimum absolute atomic E-state index is 0.00641. The molecule has 0 aromatic rings. The monoisotopic (exact) mass is 215 g/mol. The molecule has 14 heavy (non-hydrogen) atoms. The Hall–Kier alpha value is -0.510. The summed E-state index contributed by atoms with van der Waals surface area (Å²) >= 11 is 4.15. The number of likely N-dealkylation sites (tertiary alicyclic amines) is 1. The van der Waals surface area contributed by atoms with Gasteiger partial charge in [0, 0.05) is 19.4 Å². The second-order valence-corrected chi connectivity index (χ2v) is 4.29. The van der Waals surface area contributed by atoms with Crippen LogP contribution >= 0.6 is 12.6 Å². The Bertz CT molecular complexity index is 214. The summed E-state index contributed by atoms with van der Waals surface area (Å²) in [6.07, 6.45) is 2.75. The molecule has 3 nitrogen and oxygen atoms in total. The van der Waals surface area contributed by atoms with E-state index in [0.717, 1.165) is 18.6 Å². The fraction of sp³-hybridized carbons (Fsp3) is 0.800. The van der Waals surface area contributed by atoms with Gasteiger partial charge >= 0.3 is 0 Å². The van der Waals surface area contributed by atoms with Crippen LogP contribution in [-0.2, 0) is 9.59 Å². The van der Waals surface area contributed by atoms with E-state index in [4.69, 9.17) is 0 Å². The lowest BCUT2D eigenvalue weighted by Crippen LogP contribution is -2.30. The van der Waals surface area contributed by atoms with Crippen molar-refractivity contribution in [3.8, 4) is 0 Å². The van der Waals surface area contributed by atoms with E-state index in [0.29, 0.717) is 25.3 Å². The number of amides is 2. The second kappa shape index (κ2) is 5.39. The number of carbonyl (C=O) groups is 2. The quantitative estimate of drug-likeness (QED) is 0.557. The van der Waals surface area contributed by atoms with Crippen LogP contribution in [0.2, 0.25) is 0 Å². The third-order valence-corrected chi connectivity index (χ3v) is 2.88. The van der Waals surface area contributed by atoms with Crippen molar-refractivity contribution in [2.24, 2.45) is 5.92 Å². The lowest BCUT2D eigenvalue weighted by molar-refractivity contribution is -0.138. The predicted octanol–water partition coefficient (Wildman–Crippen LogP) is 1.48. The standard InChI is InChI=1S/C10H17NO2S/c1-8(5-7-14)4-6-11-9(12)2-3-10(11)13/h8,14H,2-7H2,1H3. The van der Waals surface area contributed by atoms with Gasteiger partial charge in [0.15, 0.2) is 0 Å². The first-order valence-electron chi connectivity index (χ1n) is 5.09. The van der Waals surface area contributed by atoms with E-state index in [9.17, 15) is 9.59 Å². The lowest BCUT2D eigenvalue weighted by Gasteiger charge is -2.16. The van der Waals surface area contributed by atoms with E-state index in [2.05, 4.69) is 19.6 Å². The van der Waals surface area contributed by atoms with Gasteiger partial charge in [0.05, 0.1) is 0 Å². The number of thiol groups is 1.